The maximum Gasteiger partial charge on any atom is 0.242 e. The van der Waals surface area contributed by atoms with E-state index in [-0.39, 0.29) is 10.8 Å². The average Bonchev–Trinajstić information content (AvgIpc) is 3.13. The van der Waals surface area contributed by atoms with E-state index in [1.165, 1.54) is 18.4 Å². The highest BCUT2D eigenvalue weighted by molar-refractivity contribution is 7.98. The molecule has 0 aliphatic heterocycles. The SMILES string of the molecule is CCCCn1c(CCC(=O)Nc2ccc(SC)cc2)nc2cc(S(=O)(=O)N(C)C)ccc21. The zero-order valence-electron chi connectivity index (χ0n) is 19.0. The third-order valence-electron chi connectivity index (χ3n) is 5.26. The van der Waals surface area contributed by atoms with Crippen molar-refractivity contribution in [2.75, 3.05) is 25.7 Å². The van der Waals surface area contributed by atoms with Crippen molar-refractivity contribution >= 4 is 44.4 Å². The molecular formula is C23H30N4O3S2. The van der Waals surface area contributed by atoms with Crippen molar-refractivity contribution in [2.45, 2.75) is 48.9 Å². The van der Waals surface area contributed by atoms with Crippen LogP contribution in [0.4, 0.5) is 5.69 Å². The lowest BCUT2D eigenvalue weighted by molar-refractivity contribution is -0.116. The third-order valence-corrected chi connectivity index (χ3v) is 7.82. The van der Waals surface area contributed by atoms with E-state index in [9.17, 15) is 13.2 Å². The van der Waals surface area contributed by atoms with Crippen LogP contribution >= 0.6 is 11.8 Å². The number of hydrogen-bond donors (Lipinski definition) is 1. The van der Waals surface area contributed by atoms with Gasteiger partial charge in [-0.2, -0.15) is 0 Å². The van der Waals surface area contributed by atoms with Crippen molar-refractivity contribution < 1.29 is 13.2 Å². The van der Waals surface area contributed by atoms with Gasteiger partial charge in [0, 0.05) is 44.1 Å². The smallest absolute Gasteiger partial charge is 0.242 e. The molecule has 172 valence electrons. The number of benzene rings is 2. The Morgan fingerprint density at radius 2 is 1.88 bits per heavy atom. The zero-order chi connectivity index (χ0) is 23.3. The number of amides is 1. The van der Waals surface area contributed by atoms with Gasteiger partial charge in [0.2, 0.25) is 15.9 Å². The molecule has 2 aromatic carbocycles. The van der Waals surface area contributed by atoms with E-state index in [0.717, 1.165) is 41.3 Å². The van der Waals surface area contributed by atoms with E-state index in [2.05, 4.69) is 16.8 Å². The fourth-order valence-corrected chi connectivity index (χ4v) is 4.74. The van der Waals surface area contributed by atoms with Gasteiger partial charge in [0.1, 0.15) is 5.82 Å². The maximum absolute atomic E-state index is 12.5. The van der Waals surface area contributed by atoms with Crippen LogP contribution < -0.4 is 5.32 Å². The summed E-state index contributed by atoms with van der Waals surface area (Å²) in [6, 6.07) is 12.8. The Kier molecular flexibility index (Phi) is 7.97. The Bertz CT molecular complexity index is 1190. The summed E-state index contributed by atoms with van der Waals surface area (Å²) in [5.74, 6) is 0.715. The topological polar surface area (TPSA) is 84.3 Å². The number of nitrogens with one attached hydrogen (secondary N) is 1. The van der Waals surface area contributed by atoms with Gasteiger partial charge >= 0.3 is 0 Å². The van der Waals surface area contributed by atoms with E-state index in [0.29, 0.717) is 18.4 Å². The van der Waals surface area contributed by atoms with E-state index in [1.807, 2.05) is 36.6 Å². The van der Waals surface area contributed by atoms with Crippen LogP contribution in [0.5, 0.6) is 0 Å². The third kappa shape index (κ3) is 5.51. The largest absolute Gasteiger partial charge is 0.328 e. The predicted octanol–water partition coefficient (Wildman–Crippen LogP) is 4.38. The van der Waals surface area contributed by atoms with E-state index in [4.69, 9.17) is 4.98 Å². The summed E-state index contributed by atoms with van der Waals surface area (Å²) < 4.78 is 28.3. The number of rotatable bonds is 10. The number of sulfonamides is 1. The average molecular weight is 475 g/mol. The summed E-state index contributed by atoms with van der Waals surface area (Å²) in [4.78, 5) is 18.6. The number of thioether (sulfide) groups is 1. The van der Waals surface area contributed by atoms with Crippen LogP contribution in [0.1, 0.15) is 32.0 Å². The normalized spacial score (nSPS) is 11.9. The molecule has 0 unspecified atom stereocenters. The van der Waals surface area contributed by atoms with E-state index >= 15 is 0 Å². The highest BCUT2D eigenvalue weighted by atomic mass is 32.2. The van der Waals surface area contributed by atoms with Crippen molar-refractivity contribution in [3.63, 3.8) is 0 Å². The summed E-state index contributed by atoms with van der Waals surface area (Å²) >= 11 is 1.65. The van der Waals surface area contributed by atoms with Crippen LogP contribution in [0.15, 0.2) is 52.3 Å². The number of aromatic nitrogens is 2. The Morgan fingerprint density at radius 1 is 1.16 bits per heavy atom. The van der Waals surface area contributed by atoms with Crippen molar-refractivity contribution in [2.24, 2.45) is 0 Å². The molecule has 1 aromatic heterocycles. The van der Waals surface area contributed by atoms with Crippen molar-refractivity contribution in [3.8, 4) is 0 Å². The Hall–Kier alpha value is -2.36. The standard InChI is InChI=1S/C23H30N4O3S2/c1-5-6-15-27-21-12-11-19(32(29,30)26(2)3)16-20(21)25-22(27)13-14-23(28)24-17-7-9-18(31-4)10-8-17/h7-12,16H,5-6,13-15H2,1-4H3,(H,24,28). The van der Waals surface area contributed by atoms with Gasteiger partial charge in [-0.3, -0.25) is 4.79 Å². The second-order valence-electron chi connectivity index (χ2n) is 7.75. The number of nitrogens with zero attached hydrogens (tertiary/aromatic N) is 3. The molecule has 0 aliphatic carbocycles. The van der Waals surface area contributed by atoms with Crippen molar-refractivity contribution in [3.05, 3.63) is 48.3 Å². The number of carbonyl (C=O) groups excluding carboxylic acids is 1. The first-order valence-electron chi connectivity index (χ1n) is 10.6. The fraction of sp³-hybridized carbons (Fsp3) is 0.391. The molecule has 0 radical (unpaired) electrons. The number of unbranched alkanes of at least 4 members (excludes halogenated alkanes) is 1. The molecule has 0 atom stereocenters. The second kappa shape index (κ2) is 10.5. The van der Waals surface area contributed by atoms with Crippen LogP contribution in [-0.4, -0.2) is 48.5 Å². The number of hydrogen-bond acceptors (Lipinski definition) is 5. The molecule has 0 bridgehead atoms. The molecular weight excluding hydrogens is 444 g/mol. The molecule has 0 fully saturated rings. The van der Waals surface area contributed by atoms with Gasteiger partial charge in [-0.25, -0.2) is 17.7 Å². The summed E-state index contributed by atoms with van der Waals surface area (Å²) in [6.45, 7) is 2.90. The number of fused-ring (bicyclic) bond motifs is 1. The zero-order valence-corrected chi connectivity index (χ0v) is 20.6. The minimum atomic E-state index is -3.54. The quantitative estimate of drug-likeness (QED) is 0.441. The van der Waals surface area contributed by atoms with Crippen LogP contribution in [0.25, 0.3) is 11.0 Å². The second-order valence-corrected chi connectivity index (χ2v) is 10.8. The monoisotopic (exact) mass is 474 g/mol. The van der Waals surface area contributed by atoms with Gasteiger partial charge in [-0.15, -0.1) is 11.8 Å². The Morgan fingerprint density at radius 3 is 2.50 bits per heavy atom. The Labute approximate surface area is 194 Å². The van der Waals surface area contributed by atoms with E-state index in [1.54, 1.807) is 23.9 Å². The molecule has 3 rings (SSSR count). The van der Waals surface area contributed by atoms with Crippen molar-refractivity contribution in [1.29, 1.82) is 0 Å². The van der Waals surface area contributed by atoms with Crippen LogP contribution in [0.3, 0.4) is 0 Å². The van der Waals surface area contributed by atoms with Crippen LogP contribution in [0.2, 0.25) is 0 Å². The van der Waals surface area contributed by atoms with E-state index < -0.39 is 10.0 Å². The number of imidazole rings is 1. The molecule has 1 heterocycles. The Balaban J connectivity index is 1.81. The van der Waals surface area contributed by atoms with Gasteiger partial charge < -0.3 is 9.88 Å². The summed E-state index contributed by atoms with van der Waals surface area (Å²) in [7, 11) is -0.512. The predicted molar refractivity (Wildman–Crippen MR) is 131 cm³/mol. The minimum absolute atomic E-state index is 0.0770. The van der Waals surface area contributed by atoms with Gasteiger partial charge in [0.15, 0.2) is 0 Å². The first kappa shape index (κ1) is 24.3. The number of aryl methyl sites for hydroxylation is 2. The highest BCUT2D eigenvalue weighted by Gasteiger charge is 2.20. The molecule has 32 heavy (non-hydrogen) atoms. The number of anilines is 1. The molecule has 3 aromatic rings. The van der Waals surface area contributed by atoms with Crippen LogP contribution in [0, 0.1) is 0 Å². The summed E-state index contributed by atoms with van der Waals surface area (Å²) in [5, 5.41) is 2.93. The first-order valence-corrected chi connectivity index (χ1v) is 13.3. The lowest BCUT2D eigenvalue weighted by Crippen LogP contribution is -2.22. The highest BCUT2D eigenvalue weighted by Crippen LogP contribution is 2.24. The molecule has 1 N–H and O–H groups in total. The van der Waals surface area contributed by atoms with Gasteiger partial charge in [-0.1, -0.05) is 13.3 Å². The first-order chi connectivity index (χ1) is 15.3. The van der Waals surface area contributed by atoms with Gasteiger partial charge in [-0.05, 0) is 55.1 Å². The number of carbonyl (C=O) groups is 1. The molecule has 0 aliphatic rings. The lowest BCUT2D eigenvalue weighted by atomic mass is 10.2. The lowest BCUT2D eigenvalue weighted by Gasteiger charge is -2.11. The molecule has 0 spiro atoms. The molecule has 0 saturated heterocycles. The molecule has 7 nitrogen and oxygen atoms in total. The minimum Gasteiger partial charge on any atom is -0.328 e. The molecule has 9 heteroatoms. The van der Waals surface area contributed by atoms with Gasteiger partial charge in [0.25, 0.3) is 0 Å². The van der Waals surface area contributed by atoms with Crippen LogP contribution in [-0.2, 0) is 27.8 Å². The molecule has 0 saturated carbocycles. The van der Waals surface area contributed by atoms with Crippen molar-refractivity contribution in [1.82, 2.24) is 13.9 Å². The fourth-order valence-electron chi connectivity index (χ4n) is 3.41. The summed E-state index contributed by atoms with van der Waals surface area (Å²) in [5.41, 5.74) is 2.29. The maximum atomic E-state index is 12.5. The van der Waals surface area contributed by atoms with Gasteiger partial charge in [0.05, 0.1) is 15.9 Å². The molecule has 1 amide bonds. The summed E-state index contributed by atoms with van der Waals surface area (Å²) in [6.07, 6.45) is 4.78.